The van der Waals surface area contributed by atoms with Gasteiger partial charge in [-0.2, -0.15) is 5.26 Å². The monoisotopic (exact) mass is 372 g/mol. The second-order valence-corrected chi connectivity index (χ2v) is 7.17. The van der Waals surface area contributed by atoms with Crippen LogP contribution < -0.4 is 9.47 Å². The van der Waals surface area contributed by atoms with Crippen LogP contribution in [0.3, 0.4) is 0 Å². The van der Waals surface area contributed by atoms with E-state index in [2.05, 4.69) is 27.0 Å². The number of hydrogen-bond acceptors (Lipinski definition) is 5. The van der Waals surface area contributed by atoms with Crippen LogP contribution in [0.25, 0.3) is 16.5 Å². The van der Waals surface area contributed by atoms with Gasteiger partial charge >= 0.3 is 0 Å². The third-order valence-corrected chi connectivity index (χ3v) is 5.35. The number of fused-ring (bicyclic) bond motifs is 2. The van der Waals surface area contributed by atoms with Crippen LogP contribution in [0.15, 0.2) is 48.8 Å². The topological polar surface area (TPSA) is 74.2 Å². The smallest absolute Gasteiger partial charge is 0.257 e. The first-order valence-corrected chi connectivity index (χ1v) is 9.47. The van der Waals surface area contributed by atoms with E-state index in [1.807, 2.05) is 36.5 Å². The highest BCUT2D eigenvalue weighted by Gasteiger charge is 2.25. The van der Waals surface area contributed by atoms with Crippen LogP contribution in [-0.2, 0) is 0 Å². The Morgan fingerprint density at radius 1 is 1.32 bits per heavy atom. The summed E-state index contributed by atoms with van der Waals surface area (Å²) >= 11 is 0. The van der Waals surface area contributed by atoms with Gasteiger partial charge in [0.15, 0.2) is 5.75 Å². The molecule has 5 rings (SSSR count). The van der Waals surface area contributed by atoms with Crippen LogP contribution in [0.1, 0.15) is 17.5 Å². The number of H-pyrrole nitrogens is 1. The van der Waals surface area contributed by atoms with E-state index >= 15 is 0 Å². The molecule has 1 atom stereocenters. The van der Waals surface area contributed by atoms with Crippen molar-refractivity contribution in [1.29, 1.82) is 5.26 Å². The number of rotatable bonds is 3. The first-order valence-electron chi connectivity index (χ1n) is 9.47. The number of aromatic amines is 1. The molecule has 6 nitrogen and oxygen atoms in total. The van der Waals surface area contributed by atoms with E-state index in [0.29, 0.717) is 18.1 Å². The van der Waals surface area contributed by atoms with Crippen LogP contribution in [0.5, 0.6) is 11.6 Å². The summed E-state index contributed by atoms with van der Waals surface area (Å²) < 4.78 is 11.8. The zero-order chi connectivity index (χ0) is 18.9. The minimum Gasteiger partial charge on any atom is -0.484 e. The quantitative estimate of drug-likeness (QED) is 0.763. The van der Waals surface area contributed by atoms with Crippen molar-refractivity contribution in [1.82, 2.24) is 14.9 Å². The van der Waals surface area contributed by atoms with Crippen molar-refractivity contribution in [3.8, 4) is 17.7 Å². The molecular weight excluding hydrogens is 352 g/mol. The maximum Gasteiger partial charge on any atom is 0.257 e. The Morgan fingerprint density at radius 2 is 2.29 bits per heavy atom. The van der Waals surface area contributed by atoms with Crippen molar-refractivity contribution in [2.75, 3.05) is 26.2 Å². The van der Waals surface area contributed by atoms with Gasteiger partial charge in [0, 0.05) is 48.5 Å². The molecule has 140 valence electrons. The SMILES string of the molecule is N#Cc1ccc2[nH]cc(C3=CCN(CC4COc5cccnc5O4)CC3)c2c1. The summed E-state index contributed by atoms with van der Waals surface area (Å²) in [7, 11) is 0. The summed E-state index contributed by atoms with van der Waals surface area (Å²) in [5.74, 6) is 1.30. The van der Waals surface area contributed by atoms with Gasteiger partial charge in [-0.25, -0.2) is 4.98 Å². The predicted molar refractivity (Wildman–Crippen MR) is 106 cm³/mol. The van der Waals surface area contributed by atoms with Crippen LogP contribution >= 0.6 is 0 Å². The van der Waals surface area contributed by atoms with E-state index in [-0.39, 0.29) is 6.10 Å². The van der Waals surface area contributed by atoms with Gasteiger partial charge < -0.3 is 14.5 Å². The molecule has 4 heterocycles. The van der Waals surface area contributed by atoms with Crippen molar-refractivity contribution in [2.24, 2.45) is 0 Å². The Hall–Kier alpha value is -3.30. The Morgan fingerprint density at radius 3 is 3.14 bits per heavy atom. The lowest BCUT2D eigenvalue weighted by Crippen LogP contribution is -2.42. The standard InChI is InChI=1S/C22H20N4O2/c23-11-15-3-4-20-18(10-15)19(12-25-20)16-5-8-26(9-6-16)13-17-14-27-21-2-1-7-24-22(21)28-17/h1-5,7,10,12,17,25H,6,8-9,13-14H2. The number of nitrogens with zero attached hydrogens (tertiary/aromatic N) is 3. The number of nitrogens with one attached hydrogen (secondary N) is 1. The van der Waals surface area contributed by atoms with Gasteiger partial charge in [-0.15, -0.1) is 0 Å². The fraction of sp³-hybridized carbons (Fsp3) is 0.273. The van der Waals surface area contributed by atoms with Crippen molar-refractivity contribution in [3.63, 3.8) is 0 Å². The molecule has 0 saturated carbocycles. The van der Waals surface area contributed by atoms with Crippen LogP contribution in [0, 0.1) is 11.3 Å². The molecule has 28 heavy (non-hydrogen) atoms. The van der Waals surface area contributed by atoms with Gasteiger partial charge in [0.25, 0.3) is 5.88 Å². The number of hydrogen-bond donors (Lipinski definition) is 1. The molecule has 1 aromatic carbocycles. The Bertz CT molecular complexity index is 1100. The lowest BCUT2D eigenvalue weighted by molar-refractivity contribution is 0.0567. The summed E-state index contributed by atoms with van der Waals surface area (Å²) in [4.78, 5) is 9.94. The van der Waals surface area contributed by atoms with E-state index in [1.165, 1.54) is 11.1 Å². The fourth-order valence-electron chi connectivity index (χ4n) is 3.90. The summed E-state index contributed by atoms with van der Waals surface area (Å²) in [6.07, 6.45) is 7.00. The first-order chi connectivity index (χ1) is 13.8. The molecule has 2 aromatic heterocycles. The average Bonchev–Trinajstić information content (AvgIpc) is 3.17. The lowest BCUT2D eigenvalue weighted by atomic mass is 9.98. The average molecular weight is 372 g/mol. The van der Waals surface area contributed by atoms with Gasteiger partial charge in [0.05, 0.1) is 11.6 Å². The van der Waals surface area contributed by atoms with E-state index < -0.39 is 0 Å². The zero-order valence-electron chi connectivity index (χ0n) is 15.4. The number of nitriles is 1. The highest BCUT2D eigenvalue weighted by atomic mass is 16.6. The third-order valence-electron chi connectivity index (χ3n) is 5.35. The van der Waals surface area contributed by atoms with E-state index in [9.17, 15) is 5.26 Å². The minimum absolute atomic E-state index is 0.0105. The molecule has 1 unspecified atom stereocenters. The highest BCUT2D eigenvalue weighted by molar-refractivity contribution is 5.93. The second kappa shape index (κ2) is 7.02. The molecule has 0 amide bonds. The summed E-state index contributed by atoms with van der Waals surface area (Å²) in [5, 5.41) is 10.3. The number of aromatic nitrogens is 2. The number of pyridine rings is 1. The molecule has 2 aliphatic rings. The summed E-state index contributed by atoms with van der Waals surface area (Å²) in [5.41, 5.74) is 4.28. The van der Waals surface area contributed by atoms with Gasteiger partial charge in [0.1, 0.15) is 12.7 Å². The third kappa shape index (κ3) is 3.10. The summed E-state index contributed by atoms with van der Waals surface area (Å²) in [6.45, 7) is 3.19. The van der Waals surface area contributed by atoms with Crippen LogP contribution in [0.2, 0.25) is 0 Å². The van der Waals surface area contributed by atoms with Crippen molar-refractivity contribution in [3.05, 3.63) is 59.9 Å². The largest absolute Gasteiger partial charge is 0.484 e. The Kier molecular flexibility index (Phi) is 4.22. The summed E-state index contributed by atoms with van der Waals surface area (Å²) in [6, 6.07) is 11.7. The maximum absolute atomic E-state index is 9.18. The molecule has 0 spiro atoms. The number of ether oxygens (including phenoxy) is 2. The number of benzene rings is 1. The van der Waals surface area contributed by atoms with E-state index in [1.54, 1.807) is 6.20 Å². The molecular formula is C22H20N4O2. The Labute approximate surface area is 163 Å². The van der Waals surface area contributed by atoms with Gasteiger partial charge in [-0.1, -0.05) is 6.08 Å². The fourth-order valence-corrected chi connectivity index (χ4v) is 3.90. The van der Waals surface area contributed by atoms with Crippen LogP contribution in [0.4, 0.5) is 0 Å². The van der Waals surface area contributed by atoms with Crippen molar-refractivity contribution < 1.29 is 9.47 Å². The molecule has 0 aliphatic carbocycles. The normalized spacial score (nSPS) is 19.2. The highest BCUT2D eigenvalue weighted by Crippen LogP contribution is 2.31. The molecule has 3 aromatic rings. The van der Waals surface area contributed by atoms with E-state index in [4.69, 9.17) is 9.47 Å². The molecule has 1 N–H and O–H groups in total. The van der Waals surface area contributed by atoms with E-state index in [0.717, 1.165) is 42.7 Å². The first kappa shape index (κ1) is 16.8. The van der Waals surface area contributed by atoms with Crippen molar-refractivity contribution in [2.45, 2.75) is 12.5 Å². The maximum atomic E-state index is 9.18. The zero-order valence-corrected chi connectivity index (χ0v) is 15.4. The van der Waals surface area contributed by atoms with Gasteiger partial charge in [-0.05, 0) is 42.3 Å². The molecule has 0 saturated heterocycles. The molecule has 0 bridgehead atoms. The Balaban J connectivity index is 1.28. The minimum atomic E-state index is -0.0105. The van der Waals surface area contributed by atoms with Crippen molar-refractivity contribution >= 4 is 16.5 Å². The molecule has 0 fully saturated rings. The molecule has 0 radical (unpaired) electrons. The van der Waals surface area contributed by atoms with Crippen LogP contribution in [-0.4, -0.2) is 47.2 Å². The second-order valence-electron chi connectivity index (χ2n) is 7.17. The molecule has 6 heteroatoms. The van der Waals surface area contributed by atoms with Gasteiger partial charge in [0.2, 0.25) is 0 Å². The molecule has 2 aliphatic heterocycles. The van der Waals surface area contributed by atoms with Gasteiger partial charge in [-0.3, -0.25) is 4.90 Å². The lowest BCUT2D eigenvalue weighted by Gasteiger charge is -2.32. The predicted octanol–water partition coefficient (Wildman–Crippen LogP) is 3.36.